The molecule has 0 unspecified atom stereocenters. The summed E-state index contributed by atoms with van der Waals surface area (Å²) >= 11 is 11.9. The summed E-state index contributed by atoms with van der Waals surface area (Å²) in [5.74, 6) is -1.72. The van der Waals surface area contributed by atoms with Gasteiger partial charge in [0.1, 0.15) is 13.2 Å². The number of nitrogens with zero attached hydrogens (tertiary/aromatic N) is 1. The first-order chi connectivity index (χ1) is 11.5. The van der Waals surface area contributed by atoms with Crippen LogP contribution in [0.2, 0.25) is 10.0 Å². The molecule has 0 saturated heterocycles. The van der Waals surface area contributed by atoms with Gasteiger partial charge in [-0.2, -0.15) is 0 Å². The van der Waals surface area contributed by atoms with Gasteiger partial charge in [-0.25, -0.2) is 0 Å². The van der Waals surface area contributed by atoms with E-state index in [0.717, 1.165) is 4.90 Å². The molecule has 2 amide bonds. The minimum Gasteiger partial charge on any atom is -0.459 e. The third-order valence-corrected chi connectivity index (χ3v) is 4.44. The van der Waals surface area contributed by atoms with Crippen LogP contribution in [0.1, 0.15) is 26.3 Å². The second-order valence-electron chi connectivity index (χ2n) is 5.12. The van der Waals surface area contributed by atoms with Crippen LogP contribution in [0, 0.1) is 0 Å². The van der Waals surface area contributed by atoms with Crippen LogP contribution in [0.5, 0.6) is 0 Å². The van der Waals surface area contributed by atoms with Gasteiger partial charge in [0.05, 0.1) is 21.2 Å². The first kappa shape index (κ1) is 16.5. The maximum Gasteiger partial charge on any atom is 0.326 e. The number of esters is 1. The molecule has 5 nitrogen and oxygen atoms in total. The van der Waals surface area contributed by atoms with Crippen molar-refractivity contribution in [3.63, 3.8) is 0 Å². The molecule has 0 aromatic heterocycles. The van der Waals surface area contributed by atoms with Crippen LogP contribution in [-0.4, -0.2) is 29.2 Å². The van der Waals surface area contributed by atoms with Gasteiger partial charge < -0.3 is 4.74 Å². The van der Waals surface area contributed by atoms with Crippen molar-refractivity contribution < 1.29 is 19.1 Å². The zero-order valence-corrected chi connectivity index (χ0v) is 13.8. The molecule has 2 aromatic carbocycles. The Morgan fingerprint density at radius 3 is 2.21 bits per heavy atom. The number of amides is 2. The van der Waals surface area contributed by atoms with Crippen molar-refractivity contribution in [2.24, 2.45) is 0 Å². The Morgan fingerprint density at radius 2 is 1.58 bits per heavy atom. The average Bonchev–Trinajstić information content (AvgIpc) is 2.82. The lowest BCUT2D eigenvalue weighted by atomic mass is 10.1. The van der Waals surface area contributed by atoms with E-state index >= 15 is 0 Å². The largest absolute Gasteiger partial charge is 0.459 e. The van der Waals surface area contributed by atoms with E-state index in [4.69, 9.17) is 27.9 Å². The molecule has 2 aromatic rings. The zero-order chi connectivity index (χ0) is 17.3. The number of fused-ring (bicyclic) bond motifs is 1. The van der Waals surface area contributed by atoms with Crippen molar-refractivity contribution in [2.75, 3.05) is 6.54 Å². The Balaban J connectivity index is 1.65. The van der Waals surface area contributed by atoms with E-state index in [-0.39, 0.29) is 17.7 Å². The molecule has 1 heterocycles. The molecule has 24 heavy (non-hydrogen) atoms. The minimum absolute atomic E-state index is 0.0958. The smallest absolute Gasteiger partial charge is 0.326 e. The summed E-state index contributed by atoms with van der Waals surface area (Å²) in [7, 11) is 0. The lowest BCUT2D eigenvalue weighted by molar-refractivity contribution is -0.145. The summed E-state index contributed by atoms with van der Waals surface area (Å²) in [6, 6.07) is 11.4. The molecule has 0 N–H and O–H groups in total. The SMILES string of the molecule is O=C(CN1C(=O)c2ccccc2C1=O)OCc1cccc(Cl)c1Cl. The Kier molecular flexibility index (Phi) is 4.55. The van der Waals surface area contributed by atoms with Crippen LogP contribution >= 0.6 is 23.2 Å². The number of halogens is 2. The highest BCUT2D eigenvalue weighted by Gasteiger charge is 2.36. The van der Waals surface area contributed by atoms with Gasteiger partial charge in [-0.3, -0.25) is 19.3 Å². The van der Waals surface area contributed by atoms with Crippen molar-refractivity contribution in [3.05, 3.63) is 69.2 Å². The highest BCUT2D eigenvalue weighted by Crippen LogP contribution is 2.26. The van der Waals surface area contributed by atoms with Crippen LogP contribution in [0.25, 0.3) is 0 Å². The molecule has 122 valence electrons. The van der Waals surface area contributed by atoms with Crippen LogP contribution in [0.15, 0.2) is 42.5 Å². The Bertz CT molecular complexity index is 815. The molecule has 0 saturated carbocycles. The average molecular weight is 364 g/mol. The summed E-state index contributed by atoms with van der Waals surface area (Å²) in [5.41, 5.74) is 1.11. The molecular formula is C17H11Cl2NO4. The van der Waals surface area contributed by atoms with Gasteiger partial charge in [0, 0.05) is 5.56 Å². The van der Waals surface area contributed by atoms with Crippen LogP contribution in [0.3, 0.4) is 0 Å². The van der Waals surface area contributed by atoms with E-state index in [9.17, 15) is 14.4 Å². The third kappa shape index (κ3) is 3.00. The van der Waals surface area contributed by atoms with Crippen molar-refractivity contribution in [3.8, 4) is 0 Å². The maximum absolute atomic E-state index is 12.2. The summed E-state index contributed by atoms with van der Waals surface area (Å²) in [6.45, 7) is -0.550. The fourth-order valence-electron chi connectivity index (χ4n) is 2.38. The molecule has 0 radical (unpaired) electrons. The van der Waals surface area contributed by atoms with Crippen LogP contribution in [-0.2, 0) is 16.1 Å². The third-order valence-electron chi connectivity index (χ3n) is 3.59. The van der Waals surface area contributed by atoms with E-state index in [2.05, 4.69) is 0 Å². The first-order valence-corrected chi connectivity index (χ1v) is 7.78. The van der Waals surface area contributed by atoms with Crippen LogP contribution in [0.4, 0.5) is 0 Å². The maximum atomic E-state index is 12.2. The highest BCUT2D eigenvalue weighted by atomic mass is 35.5. The number of carbonyl (C=O) groups is 3. The Labute approximate surface area is 147 Å². The Morgan fingerprint density at radius 1 is 0.958 bits per heavy atom. The molecule has 0 bridgehead atoms. The van der Waals surface area contributed by atoms with Crippen molar-refractivity contribution >= 4 is 41.0 Å². The number of carbonyl (C=O) groups excluding carboxylic acids is 3. The molecule has 7 heteroatoms. The van der Waals surface area contributed by atoms with E-state index in [1.165, 1.54) is 0 Å². The number of ether oxygens (including phenoxy) is 1. The Hall–Kier alpha value is -2.37. The van der Waals surface area contributed by atoms with E-state index < -0.39 is 24.3 Å². The molecule has 0 fully saturated rings. The number of hydrogen-bond donors (Lipinski definition) is 0. The predicted molar refractivity (Wildman–Crippen MR) is 88.1 cm³/mol. The van der Waals surface area contributed by atoms with Crippen molar-refractivity contribution in [2.45, 2.75) is 6.61 Å². The van der Waals surface area contributed by atoms with Gasteiger partial charge in [-0.05, 0) is 18.2 Å². The summed E-state index contributed by atoms with van der Waals surface area (Å²) in [6.07, 6.45) is 0. The zero-order valence-electron chi connectivity index (χ0n) is 12.3. The quantitative estimate of drug-likeness (QED) is 0.617. The monoisotopic (exact) mass is 363 g/mol. The lowest BCUT2D eigenvalue weighted by Crippen LogP contribution is -2.35. The topological polar surface area (TPSA) is 63.7 Å². The van der Waals surface area contributed by atoms with E-state index in [1.807, 2.05) is 0 Å². The van der Waals surface area contributed by atoms with E-state index in [1.54, 1.807) is 42.5 Å². The number of imide groups is 1. The predicted octanol–water partition coefficient (Wildman–Crippen LogP) is 3.33. The summed E-state index contributed by atoms with van der Waals surface area (Å²) in [5, 5.41) is 0.651. The van der Waals surface area contributed by atoms with Crippen molar-refractivity contribution in [1.29, 1.82) is 0 Å². The van der Waals surface area contributed by atoms with Gasteiger partial charge in [0.15, 0.2) is 0 Å². The molecule has 1 aliphatic rings. The lowest BCUT2D eigenvalue weighted by Gasteiger charge is -2.13. The van der Waals surface area contributed by atoms with E-state index in [0.29, 0.717) is 15.6 Å². The van der Waals surface area contributed by atoms with Gasteiger partial charge in [-0.1, -0.05) is 47.5 Å². The number of benzene rings is 2. The standard InChI is InChI=1S/C17H11Cl2NO4/c18-13-7-3-4-10(15(13)19)9-24-14(21)8-20-16(22)11-5-1-2-6-12(11)17(20)23/h1-7H,8-9H2. The molecule has 3 rings (SSSR count). The highest BCUT2D eigenvalue weighted by molar-refractivity contribution is 6.42. The fraction of sp³-hybridized carbons (Fsp3) is 0.118. The molecule has 0 aliphatic carbocycles. The normalized spacial score (nSPS) is 13.2. The summed E-state index contributed by atoms with van der Waals surface area (Å²) < 4.78 is 5.09. The fourth-order valence-corrected chi connectivity index (χ4v) is 2.75. The van der Waals surface area contributed by atoms with Crippen LogP contribution < -0.4 is 0 Å². The molecule has 0 atom stereocenters. The number of rotatable bonds is 4. The van der Waals surface area contributed by atoms with Gasteiger partial charge >= 0.3 is 5.97 Å². The summed E-state index contributed by atoms with van der Waals surface area (Å²) in [4.78, 5) is 37.2. The second-order valence-corrected chi connectivity index (χ2v) is 5.90. The van der Waals surface area contributed by atoms with Crippen molar-refractivity contribution in [1.82, 2.24) is 4.90 Å². The first-order valence-electron chi connectivity index (χ1n) is 7.03. The van der Waals surface area contributed by atoms with Gasteiger partial charge in [-0.15, -0.1) is 0 Å². The molecule has 1 aliphatic heterocycles. The molecular weight excluding hydrogens is 353 g/mol. The minimum atomic E-state index is -0.708. The molecule has 0 spiro atoms. The second kappa shape index (κ2) is 6.63. The van der Waals surface area contributed by atoms with Gasteiger partial charge in [0.25, 0.3) is 11.8 Å². The van der Waals surface area contributed by atoms with Gasteiger partial charge in [0.2, 0.25) is 0 Å². The number of hydrogen-bond acceptors (Lipinski definition) is 4.